The second-order valence-corrected chi connectivity index (χ2v) is 2.62. The van der Waals surface area contributed by atoms with Crippen LogP contribution in [0.1, 0.15) is 12.5 Å². The molecule has 0 fully saturated rings. The molecule has 68 valence electrons. The molecule has 0 bridgehead atoms. The van der Waals surface area contributed by atoms with E-state index < -0.39 is 4.92 Å². The zero-order chi connectivity index (χ0) is 9.84. The fraction of sp³-hybridized carbons (Fsp3) is 0.250. The number of nitro groups is 1. The number of carbonyl (C=O) groups is 1. The molecule has 0 aromatic carbocycles. The van der Waals surface area contributed by atoms with Crippen LogP contribution >= 0.6 is 0 Å². The van der Waals surface area contributed by atoms with Crippen LogP contribution in [0.15, 0.2) is 18.3 Å². The monoisotopic (exact) mass is 180 g/mol. The molecule has 0 aliphatic carbocycles. The molecule has 0 aliphatic heterocycles. The zero-order valence-corrected chi connectivity index (χ0v) is 7.06. The third-order valence-electron chi connectivity index (χ3n) is 1.48. The number of aromatic nitrogens is 1. The van der Waals surface area contributed by atoms with Gasteiger partial charge in [-0.3, -0.25) is 4.79 Å². The Morgan fingerprint density at radius 2 is 2.38 bits per heavy atom. The van der Waals surface area contributed by atoms with Gasteiger partial charge in [0.05, 0.1) is 5.56 Å². The minimum Gasteiger partial charge on any atom is -0.358 e. The van der Waals surface area contributed by atoms with Gasteiger partial charge in [0, 0.05) is 6.42 Å². The van der Waals surface area contributed by atoms with Crippen LogP contribution in [0.3, 0.4) is 0 Å². The normalized spacial score (nSPS) is 9.62. The van der Waals surface area contributed by atoms with Crippen molar-refractivity contribution in [1.82, 2.24) is 4.98 Å². The van der Waals surface area contributed by atoms with Crippen molar-refractivity contribution in [1.29, 1.82) is 0 Å². The predicted molar refractivity (Wildman–Crippen MR) is 45.3 cm³/mol. The van der Waals surface area contributed by atoms with Gasteiger partial charge in [-0.05, 0) is 29.0 Å². The van der Waals surface area contributed by atoms with Crippen LogP contribution in [-0.2, 0) is 11.2 Å². The molecule has 0 saturated carbocycles. The second kappa shape index (κ2) is 3.75. The molecule has 1 aromatic heterocycles. The van der Waals surface area contributed by atoms with Gasteiger partial charge in [0.25, 0.3) is 0 Å². The molecule has 0 amide bonds. The Bertz CT molecular complexity index is 349. The van der Waals surface area contributed by atoms with E-state index in [1.165, 1.54) is 19.2 Å². The Balaban J connectivity index is 3.04. The van der Waals surface area contributed by atoms with Crippen LogP contribution in [0.4, 0.5) is 5.82 Å². The van der Waals surface area contributed by atoms with Crippen molar-refractivity contribution in [2.45, 2.75) is 13.3 Å². The maximum Gasteiger partial charge on any atom is 0.367 e. The van der Waals surface area contributed by atoms with Crippen molar-refractivity contribution in [2.24, 2.45) is 0 Å². The van der Waals surface area contributed by atoms with E-state index in [-0.39, 0.29) is 18.0 Å². The van der Waals surface area contributed by atoms with Crippen LogP contribution in [0.5, 0.6) is 0 Å². The molecule has 0 radical (unpaired) electrons. The number of hydrogen-bond acceptors (Lipinski definition) is 4. The van der Waals surface area contributed by atoms with Gasteiger partial charge in [0.2, 0.25) is 0 Å². The summed E-state index contributed by atoms with van der Waals surface area (Å²) in [7, 11) is 0. The fourth-order valence-corrected chi connectivity index (χ4v) is 1.00. The molecule has 0 aliphatic rings. The van der Waals surface area contributed by atoms with E-state index in [2.05, 4.69) is 4.98 Å². The highest BCUT2D eigenvalue weighted by Gasteiger charge is 2.14. The third kappa shape index (κ3) is 2.33. The summed E-state index contributed by atoms with van der Waals surface area (Å²) in [6, 6.07) is 3.11. The fourth-order valence-electron chi connectivity index (χ4n) is 1.00. The molecule has 5 heteroatoms. The van der Waals surface area contributed by atoms with Crippen LogP contribution in [-0.4, -0.2) is 15.7 Å². The number of carbonyl (C=O) groups excluding carboxylic acids is 1. The molecule has 0 spiro atoms. The smallest absolute Gasteiger partial charge is 0.358 e. The first kappa shape index (κ1) is 9.31. The van der Waals surface area contributed by atoms with E-state index in [1.54, 1.807) is 6.07 Å². The molecule has 0 atom stereocenters. The lowest BCUT2D eigenvalue weighted by atomic mass is 10.1. The Morgan fingerprint density at radius 3 is 2.92 bits per heavy atom. The number of ketones is 1. The first-order valence-electron chi connectivity index (χ1n) is 3.69. The highest BCUT2D eigenvalue weighted by molar-refractivity contribution is 5.79. The van der Waals surface area contributed by atoms with Gasteiger partial charge in [-0.1, -0.05) is 0 Å². The first-order valence-corrected chi connectivity index (χ1v) is 3.69. The third-order valence-corrected chi connectivity index (χ3v) is 1.48. The molecular weight excluding hydrogens is 172 g/mol. The van der Waals surface area contributed by atoms with Gasteiger partial charge >= 0.3 is 5.82 Å². The summed E-state index contributed by atoms with van der Waals surface area (Å²) in [5, 5.41) is 10.4. The summed E-state index contributed by atoms with van der Waals surface area (Å²) in [5.41, 5.74) is 0.361. The summed E-state index contributed by atoms with van der Waals surface area (Å²) in [5.74, 6) is -0.353. The summed E-state index contributed by atoms with van der Waals surface area (Å²) in [6.07, 6.45) is 1.39. The van der Waals surface area contributed by atoms with E-state index >= 15 is 0 Å². The van der Waals surface area contributed by atoms with Gasteiger partial charge in [-0.15, -0.1) is 0 Å². The Kier molecular flexibility index (Phi) is 2.69. The van der Waals surface area contributed by atoms with Crippen molar-refractivity contribution in [3.05, 3.63) is 34.0 Å². The molecule has 1 aromatic rings. The summed E-state index contributed by atoms with van der Waals surface area (Å²) >= 11 is 0. The Hall–Kier alpha value is -1.78. The van der Waals surface area contributed by atoms with Crippen molar-refractivity contribution in [3.8, 4) is 0 Å². The van der Waals surface area contributed by atoms with Crippen molar-refractivity contribution < 1.29 is 9.72 Å². The number of rotatable bonds is 3. The van der Waals surface area contributed by atoms with E-state index in [1.807, 2.05) is 0 Å². The molecule has 13 heavy (non-hydrogen) atoms. The van der Waals surface area contributed by atoms with Crippen LogP contribution < -0.4 is 0 Å². The highest BCUT2D eigenvalue weighted by atomic mass is 16.6. The summed E-state index contributed by atoms with van der Waals surface area (Å²) < 4.78 is 0. The van der Waals surface area contributed by atoms with Crippen molar-refractivity contribution >= 4 is 11.6 Å². The SMILES string of the molecule is CC(=O)Cc1cccnc1[N+](=O)[O-]. The largest absolute Gasteiger partial charge is 0.367 e. The quantitative estimate of drug-likeness (QED) is 0.516. The van der Waals surface area contributed by atoms with E-state index in [9.17, 15) is 14.9 Å². The average Bonchev–Trinajstić information content (AvgIpc) is 2.03. The molecule has 0 saturated heterocycles. The molecule has 5 nitrogen and oxygen atoms in total. The zero-order valence-electron chi connectivity index (χ0n) is 7.06. The maximum atomic E-state index is 10.7. The van der Waals surface area contributed by atoms with Crippen molar-refractivity contribution in [3.63, 3.8) is 0 Å². The number of hydrogen-bond donors (Lipinski definition) is 0. The average molecular weight is 180 g/mol. The first-order chi connectivity index (χ1) is 6.11. The van der Waals surface area contributed by atoms with Crippen LogP contribution in [0.2, 0.25) is 0 Å². The van der Waals surface area contributed by atoms with Gasteiger partial charge < -0.3 is 10.1 Å². The van der Waals surface area contributed by atoms with E-state index in [0.29, 0.717) is 5.56 Å². The topological polar surface area (TPSA) is 73.1 Å². The van der Waals surface area contributed by atoms with Gasteiger partial charge in [-0.25, -0.2) is 0 Å². The molecule has 1 rings (SSSR count). The standard InChI is InChI=1S/C8H8N2O3/c1-6(11)5-7-3-2-4-9-8(7)10(12)13/h2-4H,5H2,1H3. The number of pyridine rings is 1. The summed E-state index contributed by atoms with van der Waals surface area (Å²) in [6.45, 7) is 1.39. The Labute approximate surface area is 74.6 Å². The van der Waals surface area contributed by atoms with Gasteiger partial charge in [0.1, 0.15) is 12.0 Å². The minimum atomic E-state index is -0.585. The van der Waals surface area contributed by atoms with Gasteiger partial charge in [-0.2, -0.15) is 0 Å². The molecule has 1 heterocycles. The lowest BCUT2D eigenvalue weighted by Crippen LogP contribution is -2.02. The molecule has 0 N–H and O–H groups in total. The van der Waals surface area contributed by atoms with Crippen molar-refractivity contribution in [2.75, 3.05) is 0 Å². The maximum absolute atomic E-state index is 10.7. The minimum absolute atomic E-state index is 0.0597. The summed E-state index contributed by atoms with van der Waals surface area (Å²) in [4.78, 5) is 24.2. The number of Topliss-reactive ketones (excluding diaryl/α,β-unsaturated/α-hetero) is 1. The van der Waals surface area contributed by atoms with Crippen LogP contribution in [0.25, 0.3) is 0 Å². The van der Waals surface area contributed by atoms with Gasteiger partial charge in [0.15, 0.2) is 0 Å². The van der Waals surface area contributed by atoms with E-state index in [4.69, 9.17) is 0 Å². The van der Waals surface area contributed by atoms with Crippen LogP contribution in [0, 0.1) is 10.1 Å². The lowest BCUT2D eigenvalue weighted by Gasteiger charge is -1.98. The predicted octanol–water partition coefficient (Wildman–Crippen LogP) is 1.12. The highest BCUT2D eigenvalue weighted by Crippen LogP contribution is 2.14. The second-order valence-electron chi connectivity index (χ2n) is 2.62. The Morgan fingerprint density at radius 1 is 1.69 bits per heavy atom. The van der Waals surface area contributed by atoms with E-state index in [0.717, 1.165) is 0 Å². The lowest BCUT2D eigenvalue weighted by molar-refractivity contribution is -0.390. The number of nitrogens with zero attached hydrogens (tertiary/aromatic N) is 2. The molecule has 0 unspecified atom stereocenters. The molecular formula is C8H8N2O3.